The molecule has 1 aromatic rings. The van der Waals surface area contributed by atoms with Crippen LogP contribution in [0.5, 0.6) is 0 Å². The number of carbonyl (C=O) groups is 1. The molecule has 1 fully saturated rings. The number of guanidine groups is 1. The lowest BCUT2D eigenvalue weighted by Gasteiger charge is -2.23. The fourth-order valence-corrected chi connectivity index (χ4v) is 3.10. The zero-order chi connectivity index (χ0) is 20.0. The van der Waals surface area contributed by atoms with E-state index in [1.807, 2.05) is 33.2 Å². The first kappa shape index (κ1) is 21.1. The summed E-state index contributed by atoms with van der Waals surface area (Å²) in [6, 6.07) is 0.0568. The quantitative estimate of drug-likeness (QED) is 0.606. The number of ether oxygens (including phenoxy) is 1. The smallest absolute Gasteiger partial charge is 0.407 e. The van der Waals surface area contributed by atoms with Crippen LogP contribution in [0.4, 0.5) is 4.79 Å². The van der Waals surface area contributed by atoms with Crippen molar-refractivity contribution in [2.24, 2.45) is 10.9 Å². The Kier molecular flexibility index (Phi) is 7.10. The van der Waals surface area contributed by atoms with Gasteiger partial charge >= 0.3 is 6.09 Å². The minimum absolute atomic E-state index is 0.0568. The lowest BCUT2D eigenvalue weighted by molar-refractivity contribution is 0.0507. The highest BCUT2D eigenvalue weighted by Gasteiger charge is 2.27. The molecule has 0 aliphatic carbocycles. The highest BCUT2D eigenvalue weighted by molar-refractivity contribution is 5.80. The second-order valence-electron chi connectivity index (χ2n) is 8.37. The van der Waals surface area contributed by atoms with Crippen molar-refractivity contribution in [2.75, 3.05) is 20.1 Å². The number of amides is 1. The Balaban J connectivity index is 1.85. The summed E-state index contributed by atoms with van der Waals surface area (Å²) in [6.07, 6.45) is 4.34. The molecule has 1 unspecified atom stereocenters. The van der Waals surface area contributed by atoms with E-state index in [2.05, 4.69) is 43.9 Å². The average Bonchev–Trinajstić information content (AvgIpc) is 3.15. The first-order valence-corrected chi connectivity index (χ1v) is 9.63. The molecular weight excluding hydrogens is 344 g/mol. The van der Waals surface area contributed by atoms with E-state index in [1.165, 1.54) is 0 Å². The number of likely N-dealkylation sites (tertiary alicyclic amines) is 1. The number of rotatable bonds is 5. The van der Waals surface area contributed by atoms with Gasteiger partial charge in [-0.15, -0.1) is 0 Å². The number of imidazole rings is 1. The van der Waals surface area contributed by atoms with Crippen molar-refractivity contribution < 1.29 is 9.53 Å². The number of nitrogens with zero attached hydrogens (tertiary/aromatic N) is 4. The van der Waals surface area contributed by atoms with Crippen LogP contribution in [0.15, 0.2) is 17.4 Å². The van der Waals surface area contributed by atoms with Gasteiger partial charge in [-0.2, -0.15) is 0 Å². The predicted octanol–water partition coefficient (Wildman–Crippen LogP) is 2.21. The van der Waals surface area contributed by atoms with Gasteiger partial charge in [-0.1, -0.05) is 13.8 Å². The monoisotopic (exact) mass is 378 g/mol. The summed E-state index contributed by atoms with van der Waals surface area (Å²) in [7, 11) is 1.78. The minimum atomic E-state index is -0.488. The summed E-state index contributed by atoms with van der Waals surface area (Å²) >= 11 is 0. The molecule has 1 saturated heterocycles. The van der Waals surface area contributed by atoms with Crippen LogP contribution in [0.3, 0.4) is 0 Å². The highest BCUT2D eigenvalue weighted by Crippen LogP contribution is 2.12. The lowest BCUT2D eigenvalue weighted by atomic mass is 10.2. The van der Waals surface area contributed by atoms with Crippen molar-refractivity contribution >= 4 is 12.1 Å². The zero-order valence-electron chi connectivity index (χ0n) is 17.5. The average molecular weight is 379 g/mol. The van der Waals surface area contributed by atoms with Gasteiger partial charge in [0.05, 0.1) is 12.6 Å². The second-order valence-corrected chi connectivity index (χ2v) is 8.37. The Morgan fingerprint density at radius 3 is 2.81 bits per heavy atom. The molecule has 8 nitrogen and oxygen atoms in total. The molecule has 152 valence electrons. The van der Waals surface area contributed by atoms with E-state index in [4.69, 9.17) is 4.74 Å². The van der Waals surface area contributed by atoms with Gasteiger partial charge in [0.25, 0.3) is 0 Å². The fourth-order valence-electron chi connectivity index (χ4n) is 3.10. The van der Waals surface area contributed by atoms with Gasteiger partial charge in [0.15, 0.2) is 5.96 Å². The van der Waals surface area contributed by atoms with E-state index < -0.39 is 5.60 Å². The van der Waals surface area contributed by atoms with Crippen molar-refractivity contribution in [2.45, 2.75) is 65.8 Å². The van der Waals surface area contributed by atoms with Crippen LogP contribution in [0.25, 0.3) is 0 Å². The molecule has 1 aliphatic rings. The molecule has 0 radical (unpaired) electrons. The summed E-state index contributed by atoms with van der Waals surface area (Å²) in [6.45, 7) is 13.1. The number of alkyl carbamates (subject to hydrolysis) is 1. The molecule has 1 aliphatic heterocycles. The topological polar surface area (TPSA) is 83.8 Å². The summed E-state index contributed by atoms with van der Waals surface area (Å²) < 4.78 is 7.51. The number of nitrogens with one attached hydrogen (secondary N) is 2. The minimum Gasteiger partial charge on any atom is -0.444 e. The van der Waals surface area contributed by atoms with Crippen molar-refractivity contribution in [1.82, 2.24) is 25.1 Å². The van der Waals surface area contributed by atoms with Crippen LogP contribution < -0.4 is 10.6 Å². The normalized spacial score (nSPS) is 18.1. The maximum absolute atomic E-state index is 12.0. The zero-order valence-corrected chi connectivity index (χ0v) is 17.5. The van der Waals surface area contributed by atoms with Crippen molar-refractivity contribution in [3.8, 4) is 0 Å². The molecule has 1 amide bonds. The van der Waals surface area contributed by atoms with Crippen molar-refractivity contribution in [1.29, 1.82) is 0 Å². The predicted molar refractivity (Wildman–Crippen MR) is 107 cm³/mol. The third-order valence-corrected chi connectivity index (χ3v) is 4.19. The molecule has 0 aromatic carbocycles. The first-order chi connectivity index (χ1) is 12.7. The van der Waals surface area contributed by atoms with Crippen LogP contribution >= 0.6 is 0 Å². The standard InChI is InChI=1S/C19H34N6O2/c1-14(2)12-24-10-8-21-16(24)11-22-17(20-6)25-9-7-15(13-25)23-18(26)27-19(3,4)5/h8,10,14-15H,7,9,11-13H2,1-6H3,(H,20,22)(H,23,26). The molecule has 0 bridgehead atoms. The number of hydrogen-bond donors (Lipinski definition) is 2. The number of hydrogen-bond acceptors (Lipinski definition) is 4. The van der Waals surface area contributed by atoms with Gasteiger partial charge in [0.1, 0.15) is 11.4 Å². The maximum Gasteiger partial charge on any atom is 0.407 e. The van der Waals surface area contributed by atoms with E-state index >= 15 is 0 Å². The Morgan fingerprint density at radius 2 is 2.19 bits per heavy atom. The second kappa shape index (κ2) is 9.10. The Hall–Kier alpha value is -2.25. The molecule has 8 heteroatoms. The number of aliphatic imine (C=N–C) groups is 1. The lowest BCUT2D eigenvalue weighted by Crippen LogP contribution is -2.44. The van der Waals surface area contributed by atoms with Gasteiger partial charge in [-0.25, -0.2) is 9.78 Å². The Morgan fingerprint density at radius 1 is 1.44 bits per heavy atom. The van der Waals surface area contributed by atoms with E-state index in [0.29, 0.717) is 19.0 Å². The molecule has 0 saturated carbocycles. The molecule has 2 heterocycles. The van der Waals surface area contributed by atoms with Gasteiger partial charge in [0, 0.05) is 39.1 Å². The molecule has 1 aromatic heterocycles. The number of aromatic nitrogens is 2. The Labute approximate surface area is 162 Å². The largest absolute Gasteiger partial charge is 0.444 e. The van der Waals surface area contributed by atoms with Crippen molar-refractivity contribution in [3.05, 3.63) is 18.2 Å². The molecule has 27 heavy (non-hydrogen) atoms. The Bertz CT molecular complexity index is 647. The molecule has 0 spiro atoms. The van der Waals surface area contributed by atoms with Crippen LogP contribution in [0.1, 0.15) is 46.9 Å². The van der Waals surface area contributed by atoms with E-state index in [9.17, 15) is 4.79 Å². The van der Waals surface area contributed by atoms with E-state index in [1.54, 1.807) is 7.05 Å². The molecular formula is C19H34N6O2. The van der Waals surface area contributed by atoms with Crippen molar-refractivity contribution in [3.63, 3.8) is 0 Å². The summed E-state index contributed by atoms with van der Waals surface area (Å²) in [4.78, 5) is 22.9. The third kappa shape index (κ3) is 6.77. The van der Waals surface area contributed by atoms with Gasteiger partial charge in [-0.05, 0) is 33.1 Å². The fraction of sp³-hybridized carbons (Fsp3) is 0.737. The molecule has 2 N–H and O–H groups in total. The summed E-state index contributed by atoms with van der Waals surface area (Å²) in [5.74, 6) is 2.38. The van der Waals surface area contributed by atoms with Crippen LogP contribution in [-0.4, -0.2) is 58.3 Å². The van der Waals surface area contributed by atoms with Gasteiger partial charge < -0.3 is 24.8 Å². The first-order valence-electron chi connectivity index (χ1n) is 9.63. The maximum atomic E-state index is 12.0. The molecule has 1 atom stereocenters. The van der Waals surface area contributed by atoms with E-state index in [0.717, 1.165) is 31.3 Å². The third-order valence-electron chi connectivity index (χ3n) is 4.19. The van der Waals surface area contributed by atoms with E-state index in [-0.39, 0.29) is 12.1 Å². The molecule has 2 rings (SSSR count). The van der Waals surface area contributed by atoms with Gasteiger partial charge in [-0.3, -0.25) is 4.99 Å². The van der Waals surface area contributed by atoms with Gasteiger partial charge in [0.2, 0.25) is 0 Å². The summed E-state index contributed by atoms with van der Waals surface area (Å²) in [5, 5.41) is 6.33. The van der Waals surface area contributed by atoms with Crippen LogP contribution in [0, 0.1) is 5.92 Å². The number of carbonyl (C=O) groups excluding carboxylic acids is 1. The van der Waals surface area contributed by atoms with Crippen LogP contribution in [0.2, 0.25) is 0 Å². The summed E-state index contributed by atoms with van der Waals surface area (Å²) in [5.41, 5.74) is -0.488. The SMILES string of the molecule is CN=C(NCc1nccn1CC(C)C)N1CCC(NC(=O)OC(C)(C)C)C1. The highest BCUT2D eigenvalue weighted by atomic mass is 16.6. The van der Waals surface area contributed by atoms with Crippen LogP contribution in [-0.2, 0) is 17.8 Å².